The van der Waals surface area contributed by atoms with Gasteiger partial charge >= 0.3 is 0 Å². The maximum absolute atomic E-state index is 12.3. The molecule has 1 radical (unpaired) electrons. The number of carbonyl (C=O) groups excluding carboxylic acids is 2. The Labute approximate surface area is 197 Å². The number of hydrogen-bond acceptors (Lipinski definition) is 6. The Morgan fingerprint density at radius 2 is 1.82 bits per heavy atom. The van der Waals surface area contributed by atoms with Crippen molar-refractivity contribution >= 4 is 28.8 Å². The van der Waals surface area contributed by atoms with Crippen molar-refractivity contribution in [3.8, 4) is 11.5 Å². The number of ether oxygens (including phenoxy) is 2. The summed E-state index contributed by atoms with van der Waals surface area (Å²) in [5, 5.41) is 4.40. The number of benzene rings is 2. The third kappa shape index (κ3) is 5.35. The fourth-order valence-electron chi connectivity index (χ4n) is 3.90. The van der Waals surface area contributed by atoms with Crippen LogP contribution >= 0.6 is 11.3 Å². The Morgan fingerprint density at radius 3 is 2.45 bits per heavy atom. The minimum Gasteiger partial charge on any atom is -0.493 e. The molecule has 3 aromatic rings. The van der Waals surface area contributed by atoms with Gasteiger partial charge in [0.2, 0.25) is 0 Å². The number of methoxy groups -OCH3 is 2. The largest absolute Gasteiger partial charge is 0.493 e. The summed E-state index contributed by atoms with van der Waals surface area (Å²) >= 11 is 1.11. The number of amides is 2. The van der Waals surface area contributed by atoms with E-state index in [0.29, 0.717) is 11.3 Å². The summed E-state index contributed by atoms with van der Waals surface area (Å²) in [6.45, 7) is 2.83. The number of rotatable bonds is 8. The summed E-state index contributed by atoms with van der Waals surface area (Å²) in [4.78, 5) is 26.2. The molecule has 2 amide bonds. The lowest BCUT2D eigenvalue weighted by Gasteiger charge is -2.29. The van der Waals surface area contributed by atoms with E-state index in [2.05, 4.69) is 28.4 Å². The van der Waals surface area contributed by atoms with Gasteiger partial charge in [0.15, 0.2) is 11.5 Å². The van der Waals surface area contributed by atoms with E-state index >= 15 is 0 Å². The molecule has 8 heteroatoms. The number of primary amides is 1. The number of nitrogens with zero attached hydrogens (tertiary/aromatic N) is 1. The molecule has 1 aliphatic heterocycles. The molecular formula is C25H26N3O4S. The Bertz CT molecular complexity index is 1160. The van der Waals surface area contributed by atoms with E-state index in [9.17, 15) is 9.59 Å². The summed E-state index contributed by atoms with van der Waals surface area (Å²) in [7, 11) is 3.32. The predicted molar refractivity (Wildman–Crippen MR) is 128 cm³/mol. The van der Waals surface area contributed by atoms with Crippen molar-refractivity contribution in [2.24, 2.45) is 5.73 Å². The number of carbonyl (C=O) groups is 2. The fourth-order valence-corrected chi connectivity index (χ4v) is 4.59. The first-order valence-electron chi connectivity index (χ1n) is 10.6. The first-order chi connectivity index (χ1) is 16.0. The molecule has 33 heavy (non-hydrogen) atoms. The molecule has 2 heterocycles. The fraction of sp³-hybridized carbons (Fsp3) is 0.280. The Morgan fingerprint density at radius 1 is 1.12 bits per heavy atom. The Balaban J connectivity index is 1.31. The molecule has 0 aliphatic carbocycles. The molecule has 0 saturated carbocycles. The summed E-state index contributed by atoms with van der Waals surface area (Å²) in [5.74, 6) is 0.647. The second-order valence-electron chi connectivity index (χ2n) is 7.87. The second-order valence-corrected chi connectivity index (χ2v) is 8.75. The highest BCUT2D eigenvalue weighted by molar-refractivity contribution is 7.12. The maximum atomic E-state index is 12.3. The van der Waals surface area contributed by atoms with Crippen LogP contribution < -0.4 is 20.5 Å². The zero-order chi connectivity index (χ0) is 23.4. The normalized spacial score (nSPS) is 13.3. The number of anilines is 1. The van der Waals surface area contributed by atoms with Crippen LogP contribution in [-0.2, 0) is 19.4 Å². The van der Waals surface area contributed by atoms with Crippen LogP contribution in [0.15, 0.2) is 41.8 Å². The third-order valence-corrected chi connectivity index (χ3v) is 6.63. The molecule has 0 bridgehead atoms. The molecule has 4 rings (SSSR count). The molecule has 0 spiro atoms. The van der Waals surface area contributed by atoms with E-state index in [1.165, 1.54) is 16.7 Å². The first-order valence-corrected chi connectivity index (χ1v) is 11.5. The van der Waals surface area contributed by atoms with Gasteiger partial charge in [0, 0.05) is 36.8 Å². The molecule has 0 saturated heterocycles. The van der Waals surface area contributed by atoms with E-state index in [1.807, 2.05) is 24.3 Å². The van der Waals surface area contributed by atoms with E-state index in [1.54, 1.807) is 19.6 Å². The lowest BCUT2D eigenvalue weighted by molar-refractivity contribution is 0.100. The quantitative estimate of drug-likeness (QED) is 0.532. The second kappa shape index (κ2) is 10.1. The SMILES string of the molecule is COc1cc2c(cc1OC)CN(CCc1ccc(NC(=O)c3[c]c(C(N)=O)sc3)cc1)CC2. The van der Waals surface area contributed by atoms with Crippen molar-refractivity contribution in [1.29, 1.82) is 0 Å². The summed E-state index contributed by atoms with van der Waals surface area (Å²) in [5.41, 5.74) is 10.0. The van der Waals surface area contributed by atoms with Crippen molar-refractivity contribution in [2.75, 3.05) is 32.6 Å². The van der Waals surface area contributed by atoms with Gasteiger partial charge in [-0.25, -0.2) is 0 Å². The van der Waals surface area contributed by atoms with Gasteiger partial charge in [0.1, 0.15) is 4.88 Å². The highest BCUT2D eigenvalue weighted by Gasteiger charge is 2.19. The minimum atomic E-state index is -0.584. The van der Waals surface area contributed by atoms with Crippen LogP contribution in [0.4, 0.5) is 5.69 Å². The highest BCUT2D eigenvalue weighted by Crippen LogP contribution is 2.33. The van der Waals surface area contributed by atoms with Crippen molar-refractivity contribution in [3.63, 3.8) is 0 Å². The van der Waals surface area contributed by atoms with Crippen molar-refractivity contribution in [3.05, 3.63) is 75.0 Å². The molecule has 2 aromatic carbocycles. The van der Waals surface area contributed by atoms with Gasteiger partial charge < -0.3 is 20.5 Å². The lowest BCUT2D eigenvalue weighted by Crippen LogP contribution is -2.32. The van der Waals surface area contributed by atoms with Crippen molar-refractivity contribution in [2.45, 2.75) is 19.4 Å². The molecule has 171 valence electrons. The van der Waals surface area contributed by atoms with Crippen LogP contribution in [0.3, 0.4) is 0 Å². The van der Waals surface area contributed by atoms with Gasteiger partial charge in [-0.15, -0.1) is 11.3 Å². The van der Waals surface area contributed by atoms with Gasteiger partial charge in [-0.05, 0) is 53.8 Å². The van der Waals surface area contributed by atoms with Gasteiger partial charge in [-0.1, -0.05) is 12.1 Å². The van der Waals surface area contributed by atoms with Crippen molar-refractivity contribution in [1.82, 2.24) is 4.90 Å². The zero-order valence-electron chi connectivity index (χ0n) is 18.6. The van der Waals surface area contributed by atoms with Crippen molar-refractivity contribution < 1.29 is 19.1 Å². The number of fused-ring (bicyclic) bond motifs is 1. The Hall–Kier alpha value is -3.36. The van der Waals surface area contributed by atoms with Crippen LogP contribution in [0.5, 0.6) is 11.5 Å². The van der Waals surface area contributed by atoms with E-state index in [0.717, 1.165) is 55.3 Å². The van der Waals surface area contributed by atoms with Gasteiger partial charge in [0.25, 0.3) is 11.8 Å². The van der Waals surface area contributed by atoms with Crippen LogP contribution in [0, 0.1) is 6.07 Å². The van der Waals surface area contributed by atoms with Crippen LogP contribution in [0.2, 0.25) is 0 Å². The molecule has 3 N–H and O–H groups in total. The average Bonchev–Trinajstić information content (AvgIpc) is 3.33. The van der Waals surface area contributed by atoms with E-state index in [-0.39, 0.29) is 10.8 Å². The monoisotopic (exact) mass is 464 g/mol. The number of hydrogen-bond donors (Lipinski definition) is 2. The standard InChI is InChI=1S/C25H26N3O4S/c1-31-21-11-17-8-10-28(14-18(17)12-22(21)32-2)9-7-16-3-5-20(6-4-16)27-25(30)19-13-23(24(26)29)33-15-19/h3-6,11-12,15H,7-10,14H2,1-2H3,(H2,26,29)(H,27,30). The zero-order valence-corrected chi connectivity index (χ0v) is 19.5. The molecule has 7 nitrogen and oxygen atoms in total. The summed E-state index contributed by atoms with van der Waals surface area (Å²) in [6.07, 6.45) is 1.90. The van der Waals surface area contributed by atoms with Crippen LogP contribution in [0.25, 0.3) is 0 Å². The van der Waals surface area contributed by atoms with Gasteiger partial charge in [0.05, 0.1) is 19.8 Å². The van der Waals surface area contributed by atoms with Crippen LogP contribution in [0.1, 0.15) is 36.7 Å². The first kappa shape index (κ1) is 22.8. The molecule has 0 fully saturated rings. The third-order valence-electron chi connectivity index (χ3n) is 5.74. The molecule has 0 unspecified atom stereocenters. The minimum absolute atomic E-state index is 0.244. The smallest absolute Gasteiger partial charge is 0.259 e. The van der Waals surface area contributed by atoms with Crippen LogP contribution in [-0.4, -0.2) is 44.0 Å². The summed E-state index contributed by atoms with van der Waals surface area (Å²) in [6, 6.07) is 14.7. The highest BCUT2D eigenvalue weighted by atomic mass is 32.1. The van der Waals surface area contributed by atoms with Gasteiger partial charge in [-0.3, -0.25) is 14.5 Å². The average molecular weight is 465 g/mol. The topological polar surface area (TPSA) is 93.9 Å². The molecule has 1 aromatic heterocycles. The number of nitrogens with two attached hydrogens (primary N) is 1. The Kier molecular flexibility index (Phi) is 6.96. The molecular weight excluding hydrogens is 438 g/mol. The lowest BCUT2D eigenvalue weighted by atomic mass is 9.98. The number of thiophene rings is 1. The van der Waals surface area contributed by atoms with E-state index in [4.69, 9.17) is 15.2 Å². The van der Waals surface area contributed by atoms with Gasteiger partial charge in [-0.2, -0.15) is 0 Å². The number of nitrogens with one attached hydrogen (secondary N) is 1. The molecule has 1 aliphatic rings. The molecule has 0 atom stereocenters. The van der Waals surface area contributed by atoms with E-state index < -0.39 is 5.91 Å². The summed E-state index contributed by atoms with van der Waals surface area (Å²) < 4.78 is 10.9. The predicted octanol–water partition coefficient (Wildman–Crippen LogP) is 3.52. The maximum Gasteiger partial charge on any atom is 0.259 e.